The summed E-state index contributed by atoms with van der Waals surface area (Å²) >= 11 is 0. The maximum atomic E-state index is 14.8. The molecule has 0 bridgehead atoms. The average molecular weight is 381 g/mol. The van der Waals surface area contributed by atoms with E-state index in [1.54, 1.807) is 6.07 Å². The van der Waals surface area contributed by atoms with Gasteiger partial charge >= 0.3 is 0 Å². The monoisotopic (exact) mass is 380 g/mol. The van der Waals surface area contributed by atoms with Gasteiger partial charge in [0, 0.05) is 11.5 Å². The van der Waals surface area contributed by atoms with E-state index in [0.29, 0.717) is 5.92 Å². The van der Waals surface area contributed by atoms with E-state index in [0.717, 1.165) is 47.9 Å². The third-order valence-electron chi connectivity index (χ3n) is 6.24. The van der Waals surface area contributed by atoms with Crippen LogP contribution in [-0.4, -0.2) is 5.78 Å². The Hall–Kier alpha value is -1.96. The van der Waals surface area contributed by atoms with Crippen LogP contribution in [0.1, 0.15) is 90.9 Å². The Kier molecular flexibility index (Phi) is 7.04. The van der Waals surface area contributed by atoms with E-state index in [4.69, 9.17) is 0 Å². The highest BCUT2D eigenvalue weighted by atomic mass is 19.1. The first-order valence-electron chi connectivity index (χ1n) is 11.0. The van der Waals surface area contributed by atoms with Gasteiger partial charge in [-0.1, -0.05) is 75.4 Å². The number of halogens is 1. The quantitative estimate of drug-likeness (QED) is 0.473. The summed E-state index contributed by atoms with van der Waals surface area (Å²) in [6.45, 7) is 6.49. The SMILES string of the molecule is CCCC(CCC)CCc1ccc(C2CCc3cc(C)ccc3C2=O)cc1F. The van der Waals surface area contributed by atoms with Crippen molar-refractivity contribution in [1.29, 1.82) is 0 Å². The van der Waals surface area contributed by atoms with E-state index < -0.39 is 0 Å². The Balaban J connectivity index is 1.72. The molecule has 0 aliphatic heterocycles. The molecule has 1 nitrogen and oxygen atoms in total. The van der Waals surface area contributed by atoms with Crippen molar-refractivity contribution in [2.24, 2.45) is 5.92 Å². The second kappa shape index (κ2) is 9.49. The predicted molar refractivity (Wildman–Crippen MR) is 115 cm³/mol. The molecule has 3 rings (SSSR count). The second-order valence-electron chi connectivity index (χ2n) is 8.45. The molecule has 2 aromatic rings. The van der Waals surface area contributed by atoms with Crippen LogP contribution in [-0.2, 0) is 12.8 Å². The van der Waals surface area contributed by atoms with Crippen LogP contribution in [0.2, 0.25) is 0 Å². The molecule has 0 fully saturated rings. The summed E-state index contributed by atoms with van der Waals surface area (Å²) in [5.41, 5.74) is 4.76. The van der Waals surface area contributed by atoms with Crippen molar-refractivity contribution in [2.75, 3.05) is 0 Å². The van der Waals surface area contributed by atoms with Crippen LogP contribution in [0.25, 0.3) is 0 Å². The van der Waals surface area contributed by atoms with Crippen LogP contribution in [0, 0.1) is 18.7 Å². The minimum absolute atomic E-state index is 0.138. The van der Waals surface area contributed by atoms with Crippen molar-refractivity contribution in [2.45, 2.75) is 78.1 Å². The molecule has 0 N–H and O–H groups in total. The summed E-state index contributed by atoms with van der Waals surface area (Å²) in [5, 5.41) is 0. The maximum Gasteiger partial charge on any atom is 0.170 e. The highest BCUT2D eigenvalue weighted by Gasteiger charge is 2.29. The molecule has 0 aromatic heterocycles. The fourth-order valence-corrected chi connectivity index (χ4v) is 4.70. The summed E-state index contributed by atoms with van der Waals surface area (Å²) in [6, 6.07) is 11.5. The summed E-state index contributed by atoms with van der Waals surface area (Å²) < 4.78 is 14.8. The lowest BCUT2D eigenvalue weighted by atomic mass is 9.78. The van der Waals surface area contributed by atoms with Crippen LogP contribution in [0.5, 0.6) is 0 Å². The van der Waals surface area contributed by atoms with Gasteiger partial charge in [0.1, 0.15) is 5.82 Å². The van der Waals surface area contributed by atoms with Gasteiger partial charge in [0.15, 0.2) is 5.78 Å². The van der Waals surface area contributed by atoms with Crippen LogP contribution >= 0.6 is 0 Å². The van der Waals surface area contributed by atoms with E-state index >= 15 is 0 Å². The summed E-state index contributed by atoms with van der Waals surface area (Å²) in [6.07, 6.45) is 8.32. The Morgan fingerprint density at radius 2 is 1.79 bits per heavy atom. The molecule has 0 heterocycles. The number of fused-ring (bicyclic) bond motifs is 1. The van der Waals surface area contributed by atoms with E-state index in [2.05, 4.69) is 26.8 Å². The third-order valence-corrected chi connectivity index (χ3v) is 6.24. The van der Waals surface area contributed by atoms with Gasteiger partial charge in [-0.15, -0.1) is 0 Å². The molecule has 0 saturated heterocycles. The third kappa shape index (κ3) is 4.71. The topological polar surface area (TPSA) is 17.1 Å². The van der Waals surface area contributed by atoms with E-state index in [-0.39, 0.29) is 17.5 Å². The number of benzene rings is 2. The molecule has 28 heavy (non-hydrogen) atoms. The van der Waals surface area contributed by atoms with Crippen LogP contribution < -0.4 is 0 Å². The highest BCUT2D eigenvalue weighted by Crippen LogP contribution is 2.34. The van der Waals surface area contributed by atoms with Crippen LogP contribution in [0.4, 0.5) is 4.39 Å². The zero-order valence-electron chi connectivity index (χ0n) is 17.6. The van der Waals surface area contributed by atoms with Gasteiger partial charge in [-0.05, 0) is 61.3 Å². The van der Waals surface area contributed by atoms with Gasteiger partial charge in [0.2, 0.25) is 0 Å². The first-order chi connectivity index (χ1) is 13.5. The standard InChI is InChI=1S/C26H33FO/c1-4-6-19(7-5-2)9-10-20-11-12-22(17-25(20)27)24-15-13-21-16-18(3)8-14-23(21)26(24)28/h8,11-12,14,16-17,19,24H,4-7,9-10,13,15H2,1-3H3. The molecule has 1 aliphatic rings. The largest absolute Gasteiger partial charge is 0.293 e. The number of Topliss-reactive ketones (excluding diaryl/α,β-unsaturated/α-hetero) is 1. The molecule has 1 atom stereocenters. The normalized spacial score (nSPS) is 16.5. The number of hydrogen-bond acceptors (Lipinski definition) is 1. The molecule has 0 saturated carbocycles. The number of rotatable bonds is 8. The molecular formula is C26H33FO. The molecule has 1 aliphatic carbocycles. The smallest absolute Gasteiger partial charge is 0.170 e. The summed E-state index contributed by atoms with van der Waals surface area (Å²) in [7, 11) is 0. The Bertz CT molecular complexity index is 817. The van der Waals surface area contributed by atoms with Crippen LogP contribution in [0.15, 0.2) is 36.4 Å². The van der Waals surface area contributed by atoms with Crippen molar-refractivity contribution >= 4 is 5.78 Å². The second-order valence-corrected chi connectivity index (χ2v) is 8.45. The van der Waals surface area contributed by atoms with Gasteiger partial charge in [0.05, 0.1) is 0 Å². The van der Waals surface area contributed by atoms with Gasteiger partial charge in [-0.25, -0.2) is 4.39 Å². The number of hydrogen-bond donors (Lipinski definition) is 0. The van der Waals surface area contributed by atoms with Gasteiger partial charge in [-0.3, -0.25) is 4.79 Å². The first kappa shape index (κ1) is 20.8. The van der Waals surface area contributed by atoms with Crippen molar-refractivity contribution in [1.82, 2.24) is 0 Å². The minimum Gasteiger partial charge on any atom is -0.293 e. The Labute approximate surface area is 169 Å². The summed E-state index contributed by atoms with van der Waals surface area (Å²) in [4.78, 5) is 13.0. The van der Waals surface area contributed by atoms with Crippen molar-refractivity contribution in [3.63, 3.8) is 0 Å². The fraction of sp³-hybridized carbons (Fsp3) is 0.500. The van der Waals surface area contributed by atoms with Gasteiger partial charge in [0.25, 0.3) is 0 Å². The highest BCUT2D eigenvalue weighted by molar-refractivity contribution is 6.03. The molecule has 150 valence electrons. The number of ketones is 1. The zero-order valence-corrected chi connectivity index (χ0v) is 17.6. The average Bonchev–Trinajstić information content (AvgIpc) is 2.67. The number of aryl methyl sites for hydroxylation is 3. The first-order valence-corrected chi connectivity index (χ1v) is 11.0. The number of carbonyl (C=O) groups excluding carboxylic acids is 1. The minimum atomic E-state index is -0.216. The zero-order chi connectivity index (χ0) is 20.1. The van der Waals surface area contributed by atoms with E-state index in [1.165, 1.54) is 31.2 Å². The molecule has 0 spiro atoms. The van der Waals surface area contributed by atoms with Gasteiger partial charge in [-0.2, -0.15) is 0 Å². The molecule has 0 radical (unpaired) electrons. The lowest BCUT2D eigenvalue weighted by molar-refractivity contribution is 0.0946. The van der Waals surface area contributed by atoms with Crippen molar-refractivity contribution in [3.8, 4) is 0 Å². The molecule has 2 aromatic carbocycles. The molecular weight excluding hydrogens is 347 g/mol. The Morgan fingerprint density at radius 1 is 1.04 bits per heavy atom. The molecule has 1 unspecified atom stereocenters. The Morgan fingerprint density at radius 3 is 2.46 bits per heavy atom. The van der Waals surface area contributed by atoms with E-state index in [1.807, 2.05) is 24.3 Å². The lowest BCUT2D eigenvalue weighted by Gasteiger charge is -2.24. The van der Waals surface area contributed by atoms with Crippen molar-refractivity contribution in [3.05, 3.63) is 70.0 Å². The van der Waals surface area contributed by atoms with Crippen LogP contribution in [0.3, 0.4) is 0 Å². The van der Waals surface area contributed by atoms with E-state index in [9.17, 15) is 9.18 Å². The molecule has 2 heteroatoms. The summed E-state index contributed by atoms with van der Waals surface area (Å²) in [5.74, 6) is 0.465. The molecule has 0 amide bonds. The van der Waals surface area contributed by atoms with Gasteiger partial charge < -0.3 is 0 Å². The fourth-order valence-electron chi connectivity index (χ4n) is 4.70. The van der Waals surface area contributed by atoms with Crippen molar-refractivity contribution < 1.29 is 9.18 Å². The maximum absolute atomic E-state index is 14.8. The lowest BCUT2D eigenvalue weighted by Crippen LogP contribution is -2.21. The predicted octanol–water partition coefficient (Wildman–Crippen LogP) is 7.20. The number of carbonyl (C=O) groups is 1.